The maximum atomic E-state index is 13.0. The van der Waals surface area contributed by atoms with Crippen molar-refractivity contribution in [2.75, 3.05) is 19.7 Å². The Labute approximate surface area is 207 Å². The second-order valence-electron chi connectivity index (χ2n) is 10.3. The standard InChI is InChI=1S/C28H36N2O5/c1-6-30(16-18(2)26(32)33)25(31)15-24(28(3,4)5)29-27(34)35-17-23-21-13-9-7-11-19(21)20-12-8-10-14-22(20)23/h7-14,18,23-24H,6,15-17H2,1-5H3,(H,29,34)(H,32,33). The van der Waals surface area contributed by atoms with Gasteiger partial charge in [-0.25, -0.2) is 4.79 Å². The van der Waals surface area contributed by atoms with Gasteiger partial charge in [0.1, 0.15) is 6.61 Å². The van der Waals surface area contributed by atoms with E-state index in [0.717, 1.165) is 22.3 Å². The third-order valence-electron chi connectivity index (χ3n) is 6.71. The van der Waals surface area contributed by atoms with E-state index >= 15 is 0 Å². The molecular weight excluding hydrogens is 444 g/mol. The Bertz CT molecular complexity index is 1030. The average molecular weight is 481 g/mol. The predicted molar refractivity (Wildman–Crippen MR) is 135 cm³/mol. The van der Waals surface area contributed by atoms with Crippen LogP contribution >= 0.6 is 0 Å². The van der Waals surface area contributed by atoms with Crippen LogP contribution in [0, 0.1) is 11.3 Å². The number of fused-ring (bicyclic) bond motifs is 3. The van der Waals surface area contributed by atoms with Gasteiger partial charge in [0, 0.05) is 31.5 Å². The topological polar surface area (TPSA) is 95.9 Å². The molecule has 7 nitrogen and oxygen atoms in total. The molecular formula is C28H36N2O5. The summed E-state index contributed by atoms with van der Waals surface area (Å²) in [5.41, 5.74) is 4.18. The molecule has 0 aliphatic heterocycles. The number of nitrogens with one attached hydrogen (secondary N) is 1. The first kappa shape index (κ1) is 26.3. The summed E-state index contributed by atoms with van der Waals surface area (Å²) in [5, 5.41) is 12.1. The molecule has 0 fully saturated rings. The summed E-state index contributed by atoms with van der Waals surface area (Å²) in [6.45, 7) is 9.97. The lowest BCUT2D eigenvalue weighted by Crippen LogP contribution is -2.48. The van der Waals surface area contributed by atoms with Crippen molar-refractivity contribution < 1.29 is 24.2 Å². The van der Waals surface area contributed by atoms with Crippen LogP contribution in [0.3, 0.4) is 0 Å². The molecule has 0 spiro atoms. The molecule has 2 unspecified atom stereocenters. The van der Waals surface area contributed by atoms with E-state index in [1.807, 2.05) is 52.0 Å². The van der Waals surface area contributed by atoms with Crippen molar-refractivity contribution in [2.24, 2.45) is 11.3 Å². The minimum atomic E-state index is -0.944. The molecule has 2 aromatic rings. The van der Waals surface area contributed by atoms with Gasteiger partial charge in [-0.2, -0.15) is 0 Å². The summed E-state index contributed by atoms with van der Waals surface area (Å²) in [4.78, 5) is 38.5. The van der Waals surface area contributed by atoms with Gasteiger partial charge in [0.25, 0.3) is 0 Å². The fourth-order valence-corrected chi connectivity index (χ4v) is 4.48. The molecule has 2 atom stereocenters. The van der Waals surface area contributed by atoms with Gasteiger partial charge >= 0.3 is 12.1 Å². The molecule has 2 N–H and O–H groups in total. The first-order valence-corrected chi connectivity index (χ1v) is 12.1. The number of carboxylic acid groups (broad SMARTS) is 1. The summed E-state index contributed by atoms with van der Waals surface area (Å²) < 4.78 is 5.68. The van der Waals surface area contributed by atoms with E-state index in [4.69, 9.17) is 4.74 Å². The number of benzene rings is 2. The van der Waals surface area contributed by atoms with Crippen LogP contribution in [-0.2, 0) is 14.3 Å². The number of rotatable bonds is 9. The number of carboxylic acids is 1. The maximum Gasteiger partial charge on any atom is 0.407 e. The smallest absolute Gasteiger partial charge is 0.407 e. The van der Waals surface area contributed by atoms with Gasteiger partial charge in [0.15, 0.2) is 0 Å². The molecule has 3 rings (SSSR count). The van der Waals surface area contributed by atoms with Crippen molar-refractivity contribution in [3.05, 3.63) is 59.7 Å². The largest absolute Gasteiger partial charge is 0.481 e. The van der Waals surface area contributed by atoms with E-state index < -0.39 is 29.4 Å². The highest BCUT2D eigenvalue weighted by Crippen LogP contribution is 2.44. The van der Waals surface area contributed by atoms with Crippen LogP contribution in [0.15, 0.2) is 48.5 Å². The number of carbonyl (C=O) groups excluding carboxylic acids is 2. The van der Waals surface area contributed by atoms with Crippen LogP contribution in [0.5, 0.6) is 0 Å². The molecule has 0 heterocycles. The van der Waals surface area contributed by atoms with Gasteiger partial charge in [-0.1, -0.05) is 76.2 Å². The van der Waals surface area contributed by atoms with Gasteiger partial charge in [-0.15, -0.1) is 0 Å². The Hall–Kier alpha value is -3.35. The molecule has 188 valence electrons. The average Bonchev–Trinajstić information content (AvgIpc) is 3.13. The van der Waals surface area contributed by atoms with Crippen LogP contribution < -0.4 is 5.32 Å². The first-order chi connectivity index (χ1) is 16.5. The molecule has 1 aliphatic rings. The number of carbonyl (C=O) groups is 3. The molecule has 0 saturated carbocycles. The van der Waals surface area contributed by atoms with Gasteiger partial charge in [-0.3, -0.25) is 9.59 Å². The van der Waals surface area contributed by atoms with Gasteiger partial charge < -0.3 is 20.1 Å². The highest BCUT2D eigenvalue weighted by molar-refractivity contribution is 5.80. The summed E-state index contributed by atoms with van der Waals surface area (Å²) in [5.74, 6) is -1.85. The highest BCUT2D eigenvalue weighted by Gasteiger charge is 2.33. The van der Waals surface area contributed by atoms with E-state index in [-0.39, 0.29) is 31.4 Å². The zero-order valence-corrected chi connectivity index (χ0v) is 21.2. The quantitative estimate of drug-likeness (QED) is 0.532. The maximum absolute atomic E-state index is 13.0. The molecule has 1 aliphatic carbocycles. The Morgan fingerprint density at radius 3 is 2.06 bits per heavy atom. The molecule has 7 heteroatoms. The van der Waals surface area contributed by atoms with Crippen molar-refractivity contribution in [1.29, 1.82) is 0 Å². The zero-order valence-electron chi connectivity index (χ0n) is 21.2. The third-order valence-corrected chi connectivity index (χ3v) is 6.71. The van der Waals surface area contributed by atoms with Crippen molar-refractivity contribution in [2.45, 2.75) is 53.0 Å². The second-order valence-corrected chi connectivity index (χ2v) is 10.3. The van der Waals surface area contributed by atoms with Crippen molar-refractivity contribution >= 4 is 18.0 Å². The molecule has 0 radical (unpaired) electrons. The Balaban J connectivity index is 1.66. The van der Waals surface area contributed by atoms with Crippen molar-refractivity contribution in [1.82, 2.24) is 10.2 Å². The Morgan fingerprint density at radius 1 is 1.03 bits per heavy atom. The number of alkyl carbamates (subject to hydrolysis) is 1. The number of nitrogens with zero attached hydrogens (tertiary/aromatic N) is 1. The number of ether oxygens (including phenoxy) is 1. The summed E-state index contributed by atoms with van der Waals surface area (Å²) >= 11 is 0. The summed E-state index contributed by atoms with van der Waals surface area (Å²) in [6, 6.07) is 15.8. The summed E-state index contributed by atoms with van der Waals surface area (Å²) in [7, 11) is 0. The monoisotopic (exact) mass is 480 g/mol. The highest BCUT2D eigenvalue weighted by atomic mass is 16.5. The van der Waals surface area contributed by atoms with Gasteiger partial charge in [0.05, 0.1) is 5.92 Å². The van der Waals surface area contributed by atoms with E-state index in [2.05, 4.69) is 29.6 Å². The SMILES string of the molecule is CCN(CC(C)C(=O)O)C(=O)CC(NC(=O)OCC1c2ccccc2-c2ccccc21)C(C)(C)C. The number of hydrogen-bond donors (Lipinski definition) is 2. The van der Waals surface area contributed by atoms with Crippen molar-refractivity contribution in [3.63, 3.8) is 0 Å². The third kappa shape index (κ3) is 6.21. The number of amides is 2. The summed E-state index contributed by atoms with van der Waals surface area (Å²) in [6.07, 6.45) is -0.505. The molecule has 2 amide bonds. The van der Waals surface area contributed by atoms with Gasteiger partial charge in [0.2, 0.25) is 5.91 Å². The number of hydrogen-bond acceptors (Lipinski definition) is 4. The minimum Gasteiger partial charge on any atom is -0.481 e. The lowest BCUT2D eigenvalue weighted by molar-refractivity contribution is -0.143. The lowest BCUT2D eigenvalue weighted by atomic mass is 9.84. The van der Waals surface area contributed by atoms with Gasteiger partial charge in [-0.05, 0) is 34.6 Å². The number of aliphatic carboxylic acids is 1. The fraction of sp³-hybridized carbons (Fsp3) is 0.464. The zero-order chi connectivity index (χ0) is 25.8. The van der Waals surface area contributed by atoms with E-state index in [0.29, 0.717) is 6.54 Å². The predicted octanol–water partition coefficient (Wildman–Crippen LogP) is 4.90. The molecule has 0 saturated heterocycles. The normalized spacial score (nSPS) is 14.4. The Kier molecular flexibility index (Phi) is 8.20. The van der Waals surface area contributed by atoms with Crippen molar-refractivity contribution in [3.8, 4) is 11.1 Å². The van der Waals surface area contributed by atoms with Crippen LogP contribution in [0.4, 0.5) is 4.79 Å². The van der Waals surface area contributed by atoms with E-state index in [1.165, 1.54) is 4.90 Å². The van der Waals surface area contributed by atoms with Crippen LogP contribution in [0.1, 0.15) is 58.1 Å². The lowest BCUT2D eigenvalue weighted by Gasteiger charge is -2.33. The first-order valence-electron chi connectivity index (χ1n) is 12.1. The van der Waals surface area contributed by atoms with Crippen LogP contribution in [0.2, 0.25) is 0 Å². The van der Waals surface area contributed by atoms with Crippen LogP contribution in [0.25, 0.3) is 11.1 Å². The van der Waals surface area contributed by atoms with Crippen LogP contribution in [-0.4, -0.2) is 53.7 Å². The molecule has 0 aromatic heterocycles. The Morgan fingerprint density at radius 2 is 1.57 bits per heavy atom. The molecule has 0 bridgehead atoms. The van der Waals surface area contributed by atoms with E-state index in [9.17, 15) is 19.5 Å². The minimum absolute atomic E-state index is 0.0454. The molecule has 35 heavy (non-hydrogen) atoms. The fourth-order valence-electron chi connectivity index (χ4n) is 4.48. The second kappa shape index (κ2) is 10.9. The van der Waals surface area contributed by atoms with E-state index in [1.54, 1.807) is 6.92 Å². The molecule has 2 aromatic carbocycles.